The fourth-order valence-corrected chi connectivity index (χ4v) is 3.05. The van der Waals surface area contributed by atoms with E-state index in [4.69, 9.17) is 21.1 Å². The third-order valence-corrected chi connectivity index (χ3v) is 4.69. The summed E-state index contributed by atoms with van der Waals surface area (Å²) in [4.78, 5) is 81.8. The van der Waals surface area contributed by atoms with E-state index in [9.17, 15) is 33.6 Å². The Balaban J connectivity index is 2.97. The van der Waals surface area contributed by atoms with Crippen LogP contribution in [0, 0.1) is 0 Å². The molecule has 33 heavy (non-hydrogen) atoms. The summed E-state index contributed by atoms with van der Waals surface area (Å²) in [7, 11) is 0. The van der Waals surface area contributed by atoms with Gasteiger partial charge in [0, 0.05) is 6.42 Å². The molecule has 1 heterocycles. The van der Waals surface area contributed by atoms with Gasteiger partial charge in [-0.2, -0.15) is 0 Å². The van der Waals surface area contributed by atoms with E-state index in [2.05, 4.69) is 16.0 Å². The molecule has 0 aromatic carbocycles. The van der Waals surface area contributed by atoms with Crippen LogP contribution in [0.25, 0.3) is 0 Å². The molecule has 1 aliphatic rings. The van der Waals surface area contributed by atoms with Crippen LogP contribution >= 0.6 is 0 Å². The maximum atomic E-state index is 12.7. The minimum absolute atomic E-state index is 0.478. The van der Waals surface area contributed by atoms with E-state index >= 15 is 0 Å². The van der Waals surface area contributed by atoms with Crippen molar-refractivity contribution in [3.05, 3.63) is 0 Å². The molecule has 4 atom stereocenters. The van der Waals surface area contributed by atoms with Crippen molar-refractivity contribution in [3.8, 4) is 0 Å². The molecule has 0 saturated carbocycles. The Kier molecular flexibility index (Phi) is 10.7. The Morgan fingerprint density at radius 1 is 0.848 bits per heavy atom. The number of carbonyl (C=O) groups excluding carboxylic acids is 4. The number of hydrogen-bond acceptors (Lipinski definition) is 8. The number of amides is 4. The zero-order valence-corrected chi connectivity index (χ0v) is 17.5. The van der Waals surface area contributed by atoms with Crippen molar-refractivity contribution in [3.63, 3.8) is 0 Å². The predicted molar refractivity (Wildman–Crippen MR) is 107 cm³/mol. The first-order valence-electron chi connectivity index (χ1n) is 9.99. The van der Waals surface area contributed by atoms with Gasteiger partial charge in [-0.05, 0) is 25.8 Å². The van der Waals surface area contributed by atoms with E-state index in [-0.39, 0.29) is 0 Å². The number of aliphatic carboxylic acids is 3. The van der Waals surface area contributed by atoms with Crippen LogP contribution in [-0.2, 0) is 33.6 Å². The molecule has 9 N–H and O–H groups in total. The molecule has 1 fully saturated rings. The van der Waals surface area contributed by atoms with Gasteiger partial charge in [0.2, 0.25) is 23.6 Å². The molecular weight excluding hydrogens is 446 g/mol. The third kappa shape index (κ3) is 9.94. The van der Waals surface area contributed by atoms with Crippen molar-refractivity contribution in [2.75, 3.05) is 6.54 Å². The monoisotopic (exact) mass is 473 g/mol. The molecule has 4 unspecified atom stereocenters. The number of rotatable bonds is 14. The Hall–Kier alpha value is -3.75. The van der Waals surface area contributed by atoms with E-state index < -0.39 is 91.4 Å². The Labute approximate surface area is 187 Å². The molecular formula is C18H27N5O10. The molecule has 15 nitrogen and oxygen atoms in total. The van der Waals surface area contributed by atoms with Crippen LogP contribution in [0.2, 0.25) is 0 Å². The van der Waals surface area contributed by atoms with Crippen LogP contribution in [0.5, 0.6) is 0 Å². The molecule has 0 radical (unpaired) electrons. The minimum Gasteiger partial charge on any atom is -0.481 e. The zero-order chi connectivity index (χ0) is 25.1. The molecule has 0 aliphatic carbocycles. The van der Waals surface area contributed by atoms with Crippen LogP contribution in [0.1, 0.15) is 38.5 Å². The zero-order valence-electron chi connectivity index (χ0n) is 17.5. The Bertz CT molecular complexity index is 795. The average Bonchev–Trinajstić information content (AvgIpc) is 3.23. The molecule has 1 aliphatic heterocycles. The molecule has 0 aromatic heterocycles. The molecule has 15 heteroatoms. The lowest BCUT2D eigenvalue weighted by Gasteiger charge is -2.24. The predicted octanol–water partition coefficient (Wildman–Crippen LogP) is -3.51. The van der Waals surface area contributed by atoms with Crippen molar-refractivity contribution in [1.29, 1.82) is 0 Å². The van der Waals surface area contributed by atoms with Crippen molar-refractivity contribution < 1.29 is 48.9 Å². The van der Waals surface area contributed by atoms with E-state index in [1.165, 1.54) is 0 Å². The number of hydrogen-bond donors (Lipinski definition) is 8. The first-order chi connectivity index (χ1) is 15.4. The van der Waals surface area contributed by atoms with Gasteiger partial charge in [-0.25, -0.2) is 4.79 Å². The van der Waals surface area contributed by atoms with Gasteiger partial charge in [0.15, 0.2) is 0 Å². The molecule has 184 valence electrons. The SMILES string of the molecule is NC(=O)CC(NC(=O)C1CCCN1)C(=O)NC(CCC(=O)O)C(=O)NC(CC(=O)O)C(=O)O. The fourth-order valence-electron chi connectivity index (χ4n) is 3.05. The van der Waals surface area contributed by atoms with Crippen LogP contribution < -0.4 is 27.0 Å². The molecule has 0 aromatic rings. The molecule has 0 spiro atoms. The van der Waals surface area contributed by atoms with Crippen molar-refractivity contribution in [2.45, 2.75) is 62.7 Å². The van der Waals surface area contributed by atoms with Gasteiger partial charge >= 0.3 is 17.9 Å². The Morgan fingerprint density at radius 3 is 1.94 bits per heavy atom. The van der Waals surface area contributed by atoms with Crippen LogP contribution in [0.3, 0.4) is 0 Å². The second-order valence-corrected chi connectivity index (χ2v) is 7.37. The van der Waals surface area contributed by atoms with Gasteiger partial charge in [0.25, 0.3) is 0 Å². The summed E-state index contributed by atoms with van der Waals surface area (Å²) >= 11 is 0. The topological polar surface area (TPSA) is 254 Å². The highest BCUT2D eigenvalue weighted by molar-refractivity contribution is 5.96. The number of carboxylic acids is 3. The lowest BCUT2D eigenvalue weighted by molar-refractivity contribution is -0.147. The van der Waals surface area contributed by atoms with Gasteiger partial charge in [0.1, 0.15) is 18.1 Å². The standard InChI is InChI=1S/C18H27N5O10/c19-12(24)6-10(22-15(29)8-2-1-5-20-8)17(31)21-9(3-4-13(25)26)16(30)23-11(18(32)33)7-14(27)28/h8-11,20H,1-7H2,(H2,19,24)(H,21,31)(H,22,29)(H,23,30)(H,25,26)(H,27,28)(H,32,33). The van der Waals surface area contributed by atoms with Gasteiger partial charge in [-0.1, -0.05) is 0 Å². The van der Waals surface area contributed by atoms with Gasteiger partial charge in [-0.3, -0.25) is 28.8 Å². The highest BCUT2D eigenvalue weighted by atomic mass is 16.4. The van der Waals surface area contributed by atoms with Crippen molar-refractivity contribution in [1.82, 2.24) is 21.3 Å². The summed E-state index contributed by atoms with van der Waals surface area (Å²) in [6.45, 7) is 0.587. The van der Waals surface area contributed by atoms with Gasteiger partial charge < -0.3 is 42.3 Å². The fraction of sp³-hybridized carbons (Fsp3) is 0.611. The maximum absolute atomic E-state index is 12.7. The van der Waals surface area contributed by atoms with Crippen LogP contribution in [0.4, 0.5) is 0 Å². The summed E-state index contributed by atoms with van der Waals surface area (Å²) < 4.78 is 0. The number of carboxylic acid groups (broad SMARTS) is 3. The largest absolute Gasteiger partial charge is 0.481 e. The highest BCUT2D eigenvalue weighted by Gasteiger charge is 2.32. The minimum atomic E-state index is -1.84. The Morgan fingerprint density at radius 2 is 1.45 bits per heavy atom. The molecule has 0 bridgehead atoms. The number of nitrogens with two attached hydrogens (primary N) is 1. The van der Waals surface area contributed by atoms with Gasteiger partial charge in [-0.15, -0.1) is 0 Å². The smallest absolute Gasteiger partial charge is 0.326 e. The van der Waals surface area contributed by atoms with Crippen LogP contribution in [-0.4, -0.2) is 87.6 Å². The average molecular weight is 473 g/mol. The summed E-state index contributed by atoms with van der Waals surface area (Å²) in [6, 6.07) is -5.51. The van der Waals surface area contributed by atoms with E-state index in [0.29, 0.717) is 13.0 Å². The lowest BCUT2D eigenvalue weighted by atomic mass is 10.1. The van der Waals surface area contributed by atoms with E-state index in [0.717, 1.165) is 6.42 Å². The molecule has 1 rings (SSSR count). The van der Waals surface area contributed by atoms with Crippen LogP contribution in [0.15, 0.2) is 0 Å². The number of primary amides is 1. The second-order valence-electron chi connectivity index (χ2n) is 7.37. The quantitative estimate of drug-likeness (QED) is 0.123. The number of carbonyl (C=O) groups is 7. The van der Waals surface area contributed by atoms with E-state index in [1.807, 2.05) is 5.32 Å². The van der Waals surface area contributed by atoms with Crippen molar-refractivity contribution in [2.24, 2.45) is 5.73 Å². The highest BCUT2D eigenvalue weighted by Crippen LogP contribution is 2.07. The van der Waals surface area contributed by atoms with E-state index in [1.54, 1.807) is 0 Å². The normalized spacial score (nSPS) is 17.8. The first-order valence-corrected chi connectivity index (χ1v) is 9.99. The summed E-state index contributed by atoms with van der Waals surface area (Å²) in [5.74, 6) is -8.19. The maximum Gasteiger partial charge on any atom is 0.326 e. The third-order valence-electron chi connectivity index (χ3n) is 4.69. The first kappa shape index (κ1) is 27.3. The second kappa shape index (κ2) is 12.9. The lowest BCUT2D eigenvalue weighted by Crippen LogP contribution is -2.57. The summed E-state index contributed by atoms with van der Waals surface area (Å²) in [6.07, 6.45) is -1.44. The molecule has 4 amide bonds. The van der Waals surface area contributed by atoms with Crippen molar-refractivity contribution >= 4 is 41.5 Å². The summed E-state index contributed by atoms with van der Waals surface area (Å²) in [5, 5.41) is 36.1. The van der Waals surface area contributed by atoms with Gasteiger partial charge in [0.05, 0.1) is 18.9 Å². The molecule has 1 saturated heterocycles. The number of nitrogens with one attached hydrogen (secondary N) is 4. The summed E-state index contributed by atoms with van der Waals surface area (Å²) in [5.41, 5.74) is 5.13.